The Morgan fingerprint density at radius 2 is 1.71 bits per heavy atom. The Labute approximate surface area is 163 Å². The summed E-state index contributed by atoms with van der Waals surface area (Å²) in [7, 11) is 9.87. The van der Waals surface area contributed by atoms with Crippen molar-refractivity contribution in [2.24, 2.45) is 0 Å². The molecule has 0 nitrogen and oxygen atoms in total. The van der Waals surface area contributed by atoms with Crippen LogP contribution >= 0.6 is 17.0 Å². The molecule has 3 heteroatoms. The fourth-order valence-electron chi connectivity index (χ4n) is 3.64. The maximum atomic E-state index is 4.93. The van der Waals surface area contributed by atoms with Gasteiger partial charge >= 0.3 is 37.9 Å². The quantitative estimate of drug-likeness (QED) is 0.422. The molecule has 0 heterocycles. The zero-order valence-electron chi connectivity index (χ0n) is 13.6. The van der Waals surface area contributed by atoms with Crippen LogP contribution in [-0.2, 0) is 33.7 Å². The van der Waals surface area contributed by atoms with Crippen LogP contribution in [0.15, 0.2) is 66.3 Å². The molecule has 0 saturated carbocycles. The predicted molar refractivity (Wildman–Crippen MR) is 101 cm³/mol. The molecule has 0 unspecified atom stereocenters. The molecule has 0 spiro atoms. The van der Waals surface area contributed by atoms with Gasteiger partial charge in [-0.15, -0.1) is 0 Å². The molecule has 0 aliphatic heterocycles. The maximum absolute atomic E-state index is 4.93. The molecule has 0 aromatic heterocycles. The fraction of sp³-hybridized carbons (Fsp3) is 0.238. The van der Waals surface area contributed by atoms with Crippen molar-refractivity contribution in [1.82, 2.24) is 0 Å². The van der Waals surface area contributed by atoms with Gasteiger partial charge in [-0.25, -0.2) is 0 Å². The summed E-state index contributed by atoms with van der Waals surface area (Å²) in [6.07, 6.45) is 12.7. The van der Waals surface area contributed by atoms with Crippen LogP contribution < -0.4 is 0 Å². The second kappa shape index (κ2) is 9.18. The molecule has 0 saturated heterocycles. The average Bonchev–Trinajstić information content (AvgIpc) is 3.23. The number of rotatable bonds is 4. The molecule has 122 valence electrons. The van der Waals surface area contributed by atoms with Gasteiger partial charge in [-0.2, -0.15) is 0 Å². The van der Waals surface area contributed by atoms with Crippen LogP contribution in [0.1, 0.15) is 36.0 Å². The number of hydrogen-bond acceptors (Lipinski definition) is 0. The third-order valence-electron chi connectivity index (χ3n) is 4.74. The average molecular weight is 435 g/mol. The molecule has 0 radical (unpaired) electrons. The predicted octanol–water partition coefficient (Wildman–Crippen LogP) is 6.84. The van der Waals surface area contributed by atoms with Gasteiger partial charge in [-0.05, 0) is 59.9 Å². The monoisotopic (exact) mass is 432 g/mol. The van der Waals surface area contributed by atoms with Gasteiger partial charge in [0, 0.05) is 0 Å². The minimum atomic E-state index is -0.826. The van der Waals surface area contributed by atoms with Gasteiger partial charge in [-0.1, -0.05) is 66.3 Å². The van der Waals surface area contributed by atoms with Gasteiger partial charge in [0.05, 0.1) is 0 Å². The van der Waals surface area contributed by atoms with Crippen LogP contribution in [0.3, 0.4) is 0 Å². The van der Waals surface area contributed by atoms with Crippen molar-refractivity contribution in [3.8, 4) is 11.1 Å². The first-order valence-electron chi connectivity index (χ1n) is 8.33. The van der Waals surface area contributed by atoms with E-state index in [1.165, 1.54) is 42.4 Å². The molecule has 2 aromatic rings. The van der Waals surface area contributed by atoms with E-state index in [2.05, 4.69) is 60.7 Å². The van der Waals surface area contributed by atoms with E-state index < -0.39 is 20.8 Å². The molecule has 0 fully saturated rings. The van der Waals surface area contributed by atoms with E-state index in [1.54, 1.807) is 16.7 Å². The molecule has 2 aliphatic rings. The third kappa shape index (κ3) is 4.31. The summed E-state index contributed by atoms with van der Waals surface area (Å²) in [5, 5.41) is 0. The van der Waals surface area contributed by atoms with Crippen molar-refractivity contribution in [2.45, 2.75) is 32.1 Å². The van der Waals surface area contributed by atoms with Gasteiger partial charge in [0.1, 0.15) is 0 Å². The van der Waals surface area contributed by atoms with E-state index in [1.807, 2.05) is 0 Å². The van der Waals surface area contributed by atoms with Gasteiger partial charge < -0.3 is 0 Å². The summed E-state index contributed by atoms with van der Waals surface area (Å²) in [4.78, 5) is 0. The summed E-state index contributed by atoms with van der Waals surface area (Å²) in [5.74, 6) is 0. The van der Waals surface area contributed by atoms with Gasteiger partial charge in [0.2, 0.25) is 0 Å². The molecule has 0 N–H and O–H groups in total. The fourth-order valence-corrected chi connectivity index (χ4v) is 3.64. The summed E-state index contributed by atoms with van der Waals surface area (Å²) in [6.45, 7) is 0. The van der Waals surface area contributed by atoms with E-state index in [4.69, 9.17) is 17.0 Å². The van der Waals surface area contributed by atoms with Gasteiger partial charge in [-0.3, -0.25) is 0 Å². The van der Waals surface area contributed by atoms with Crippen molar-refractivity contribution in [3.05, 3.63) is 83.0 Å². The molecule has 0 amide bonds. The first kappa shape index (κ1) is 18.2. The minimum absolute atomic E-state index is 0.826. The number of allylic oxidation sites excluding steroid dienone is 4. The number of halogens is 2. The normalized spacial score (nSPS) is 13.7. The van der Waals surface area contributed by atoms with E-state index in [9.17, 15) is 0 Å². The molecule has 2 aromatic carbocycles. The molecular weight excluding hydrogens is 414 g/mol. The first-order valence-corrected chi connectivity index (χ1v) is 14.7. The molecule has 0 atom stereocenters. The van der Waals surface area contributed by atoms with E-state index in [-0.39, 0.29) is 0 Å². The standard InChI is InChI=1S/C21H20.2ClH.Zr/c1-2-8-16(7-1)9-5-11-17-12-6-14-20-19-13-4-3-10-18(19)15-21(17)20;;;/h1-4,6-7,10,12-14H,5,8-9,11,15H2;2*1H;/q;;;+2/p-2. The Hall–Kier alpha value is -0.617. The van der Waals surface area contributed by atoms with Crippen LogP contribution in [-0.4, -0.2) is 0 Å². The molecule has 0 bridgehead atoms. The zero-order valence-corrected chi connectivity index (χ0v) is 17.5. The molecule has 4 rings (SSSR count). The third-order valence-corrected chi connectivity index (χ3v) is 4.74. The number of fused-ring (bicyclic) bond motifs is 3. The topological polar surface area (TPSA) is 0 Å². The SMILES string of the molecule is C1=CCC(CCCc2cccc3c2Cc2ccccc2-3)=C1.[Cl][Zr][Cl]. The van der Waals surface area contributed by atoms with Crippen LogP contribution in [0.25, 0.3) is 11.1 Å². The Balaban J connectivity index is 0.000000526. The first-order chi connectivity index (χ1) is 11.8. The van der Waals surface area contributed by atoms with Gasteiger partial charge in [0.25, 0.3) is 0 Å². The van der Waals surface area contributed by atoms with Crippen LogP contribution in [0.4, 0.5) is 0 Å². The van der Waals surface area contributed by atoms with Crippen LogP contribution in [0, 0.1) is 0 Å². The molecular formula is C21H20Cl2Zr. The Kier molecular flexibility index (Phi) is 6.96. The van der Waals surface area contributed by atoms with Crippen molar-refractivity contribution in [1.29, 1.82) is 0 Å². The van der Waals surface area contributed by atoms with E-state index in [0.717, 1.165) is 6.42 Å². The van der Waals surface area contributed by atoms with Gasteiger partial charge in [0.15, 0.2) is 0 Å². The number of hydrogen-bond donors (Lipinski definition) is 0. The van der Waals surface area contributed by atoms with Crippen molar-refractivity contribution in [3.63, 3.8) is 0 Å². The summed E-state index contributed by atoms with van der Waals surface area (Å²) in [6, 6.07) is 15.7. The van der Waals surface area contributed by atoms with Crippen molar-refractivity contribution < 1.29 is 20.8 Å². The summed E-state index contributed by atoms with van der Waals surface area (Å²) in [5.41, 5.74) is 9.10. The number of benzene rings is 2. The zero-order chi connectivity index (χ0) is 16.8. The van der Waals surface area contributed by atoms with Crippen LogP contribution in [0.5, 0.6) is 0 Å². The Morgan fingerprint density at radius 3 is 2.50 bits per heavy atom. The molecule has 24 heavy (non-hydrogen) atoms. The number of aryl methyl sites for hydroxylation is 1. The van der Waals surface area contributed by atoms with Crippen molar-refractivity contribution >= 4 is 17.0 Å². The van der Waals surface area contributed by atoms with E-state index >= 15 is 0 Å². The van der Waals surface area contributed by atoms with E-state index in [0.29, 0.717) is 0 Å². The second-order valence-electron chi connectivity index (χ2n) is 6.16. The van der Waals surface area contributed by atoms with Crippen molar-refractivity contribution in [2.75, 3.05) is 0 Å². The molecule has 2 aliphatic carbocycles. The van der Waals surface area contributed by atoms with Crippen LogP contribution in [0.2, 0.25) is 0 Å². The summed E-state index contributed by atoms with van der Waals surface area (Å²) >= 11 is -0.826. The summed E-state index contributed by atoms with van der Waals surface area (Å²) < 4.78 is 0. The Morgan fingerprint density at radius 1 is 0.917 bits per heavy atom. The second-order valence-corrected chi connectivity index (χ2v) is 9.89. The Bertz CT molecular complexity index is 762.